The Labute approximate surface area is 154 Å². The molecular weight excluding hydrogens is 334 g/mol. The monoisotopic (exact) mass is 359 g/mol. The van der Waals surface area contributed by atoms with Gasteiger partial charge in [0.2, 0.25) is 0 Å². The van der Waals surface area contributed by atoms with Crippen LogP contribution in [0.15, 0.2) is 24.3 Å². The standard InChI is InChI=1S/C20H26ClN3O/c1-15-17-6-2-3-7-18(17)22-19(20(15)21)14-24-10-8-23(9-11-24)13-16-5-4-12-25-16/h2-3,6-7,16H,4-5,8-14H2,1H3. The Morgan fingerprint density at radius 2 is 1.92 bits per heavy atom. The highest BCUT2D eigenvalue weighted by molar-refractivity contribution is 6.32. The summed E-state index contributed by atoms with van der Waals surface area (Å²) in [5, 5.41) is 1.97. The van der Waals surface area contributed by atoms with Gasteiger partial charge in [0.05, 0.1) is 22.3 Å². The van der Waals surface area contributed by atoms with E-state index in [0.29, 0.717) is 6.10 Å². The molecule has 0 radical (unpaired) electrons. The summed E-state index contributed by atoms with van der Waals surface area (Å²) >= 11 is 6.62. The fraction of sp³-hybridized carbons (Fsp3) is 0.550. The molecule has 0 aliphatic carbocycles. The molecule has 5 heteroatoms. The van der Waals surface area contributed by atoms with Crippen LogP contribution in [0.4, 0.5) is 0 Å². The van der Waals surface area contributed by atoms with Gasteiger partial charge < -0.3 is 4.74 Å². The predicted molar refractivity (Wildman–Crippen MR) is 102 cm³/mol. The molecule has 134 valence electrons. The van der Waals surface area contributed by atoms with Crippen molar-refractivity contribution in [3.05, 3.63) is 40.5 Å². The lowest BCUT2D eigenvalue weighted by atomic mass is 10.1. The molecule has 2 aromatic rings. The van der Waals surface area contributed by atoms with Crippen molar-refractivity contribution in [2.24, 2.45) is 0 Å². The molecule has 0 N–H and O–H groups in total. The molecule has 0 bridgehead atoms. The van der Waals surface area contributed by atoms with E-state index in [2.05, 4.69) is 28.9 Å². The Morgan fingerprint density at radius 3 is 2.68 bits per heavy atom. The quantitative estimate of drug-likeness (QED) is 0.835. The van der Waals surface area contributed by atoms with Gasteiger partial charge in [0.25, 0.3) is 0 Å². The van der Waals surface area contributed by atoms with Gasteiger partial charge in [-0.2, -0.15) is 0 Å². The van der Waals surface area contributed by atoms with E-state index in [1.165, 1.54) is 12.8 Å². The summed E-state index contributed by atoms with van der Waals surface area (Å²) in [6.07, 6.45) is 2.89. The molecule has 1 unspecified atom stereocenters. The van der Waals surface area contributed by atoms with Crippen molar-refractivity contribution in [3.8, 4) is 0 Å². The van der Waals surface area contributed by atoms with E-state index in [0.717, 1.165) is 73.1 Å². The first-order chi connectivity index (χ1) is 12.2. The van der Waals surface area contributed by atoms with Crippen molar-refractivity contribution < 1.29 is 4.74 Å². The molecule has 1 aromatic heterocycles. The van der Waals surface area contributed by atoms with Gasteiger partial charge in [-0.05, 0) is 31.4 Å². The van der Waals surface area contributed by atoms with E-state index >= 15 is 0 Å². The molecule has 25 heavy (non-hydrogen) atoms. The Kier molecular flexibility index (Phi) is 5.23. The number of fused-ring (bicyclic) bond motifs is 1. The molecule has 0 spiro atoms. The zero-order valence-electron chi connectivity index (χ0n) is 14.9. The third kappa shape index (κ3) is 3.82. The molecule has 4 rings (SSSR count). The summed E-state index contributed by atoms with van der Waals surface area (Å²) in [4.78, 5) is 9.83. The van der Waals surface area contributed by atoms with Crippen molar-refractivity contribution in [1.29, 1.82) is 0 Å². The van der Waals surface area contributed by atoms with Gasteiger partial charge in [-0.25, -0.2) is 4.98 Å². The number of halogens is 1. The molecule has 2 aliphatic rings. The summed E-state index contributed by atoms with van der Waals surface area (Å²) in [5.74, 6) is 0. The van der Waals surface area contributed by atoms with Crippen molar-refractivity contribution >= 4 is 22.5 Å². The van der Waals surface area contributed by atoms with Crippen LogP contribution in [-0.2, 0) is 11.3 Å². The molecule has 2 fully saturated rings. The van der Waals surface area contributed by atoms with Crippen LogP contribution < -0.4 is 0 Å². The number of benzene rings is 1. The van der Waals surface area contributed by atoms with E-state index in [9.17, 15) is 0 Å². The number of rotatable bonds is 4. The molecular formula is C20H26ClN3O. The number of hydrogen-bond acceptors (Lipinski definition) is 4. The molecule has 4 nitrogen and oxygen atoms in total. The first-order valence-electron chi connectivity index (χ1n) is 9.31. The van der Waals surface area contributed by atoms with E-state index in [4.69, 9.17) is 21.3 Å². The van der Waals surface area contributed by atoms with Crippen LogP contribution in [0.1, 0.15) is 24.1 Å². The van der Waals surface area contributed by atoms with Gasteiger partial charge >= 0.3 is 0 Å². The number of aromatic nitrogens is 1. The third-order valence-corrected chi connectivity index (χ3v) is 5.97. The number of pyridine rings is 1. The maximum Gasteiger partial charge on any atom is 0.0740 e. The molecule has 2 saturated heterocycles. The third-order valence-electron chi connectivity index (χ3n) is 5.47. The number of hydrogen-bond donors (Lipinski definition) is 0. The molecule has 3 heterocycles. The Balaban J connectivity index is 1.40. The number of para-hydroxylation sites is 1. The van der Waals surface area contributed by atoms with Crippen molar-refractivity contribution in [2.45, 2.75) is 32.4 Å². The highest BCUT2D eigenvalue weighted by Gasteiger charge is 2.23. The van der Waals surface area contributed by atoms with E-state index < -0.39 is 0 Å². The summed E-state index contributed by atoms with van der Waals surface area (Å²) < 4.78 is 5.77. The van der Waals surface area contributed by atoms with Crippen LogP contribution in [0, 0.1) is 6.92 Å². The normalized spacial score (nSPS) is 22.7. The van der Waals surface area contributed by atoms with Crippen LogP contribution in [0.5, 0.6) is 0 Å². The highest BCUT2D eigenvalue weighted by Crippen LogP contribution is 2.28. The number of ether oxygens (including phenoxy) is 1. The van der Waals surface area contributed by atoms with Crippen molar-refractivity contribution in [1.82, 2.24) is 14.8 Å². The smallest absolute Gasteiger partial charge is 0.0740 e. The highest BCUT2D eigenvalue weighted by atomic mass is 35.5. The Hall–Kier alpha value is -1.20. The lowest BCUT2D eigenvalue weighted by Gasteiger charge is -2.35. The van der Waals surface area contributed by atoms with Gasteiger partial charge in [-0.1, -0.05) is 29.8 Å². The molecule has 0 amide bonds. The molecule has 1 atom stereocenters. The first-order valence-corrected chi connectivity index (χ1v) is 9.68. The van der Waals surface area contributed by atoms with E-state index in [1.54, 1.807) is 0 Å². The zero-order chi connectivity index (χ0) is 17.2. The fourth-order valence-electron chi connectivity index (χ4n) is 3.94. The molecule has 2 aliphatic heterocycles. The van der Waals surface area contributed by atoms with Gasteiger partial charge in [-0.15, -0.1) is 0 Å². The largest absolute Gasteiger partial charge is 0.377 e. The lowest BCUT2D eigenvalue weighted by Crippen LogP contribution is -2.48. The first kappa shape index (κ1) is 17.2. The van der Waals surface area contributed by atoms with Crippen LogP contribution in [-0.4, -0.2) is 60.2 Å². The minimum absolute atomic E-state index is 0.450. The second kappa shape index (κ2) is 7.58. The van der Waals surface area contributed by atoms with Crippen LogP contribution in [0.25, 0.3) is 10.9 Å². The van der Waals surface area contributed by atoms with E-state index in [-0.39, 0.29) is 0 Å². The average molecular weight is 360 g/mol. The summed E-state index contributed by atoms with van der Waals surface area (Å²) in [6.45, 7) is 9.28. The zero-order valence-corrected chi connectivity index (χ0v) is 15.6. The summed E-state index contributed by atoms with van der Waals surface area (Å²) in [7, 11) is 0. The second-order valence-corrected chi connectivity index (χ2v) is 7.60. The maximum absolute atomic E-state index is 6.62. The minimum Gasteiger partial charge on any atom is -0.377 e. The van der Waals surface area contributed by atoms with Crippen molar-refractivity contribution in [3.63, 3.8) is 0 Å². The van der Waals surface area contributed by atoms with Crippen LogP contribution in [0.3, 0.4) is 0 Å². The van der Waals surface area contributed by atoms with Crippen LogP contribution >= 0.6 is 11.6 Å². The average Bonchev–Trinajstić information content (AvgIpc) is 3.14. The fourth-order valence-corrected chi connectivity index (χ4v) is 4.14. The van der Waals surface area contributed by atoms with Gasteiger partial charge in [-0.3, -0.25) is 9.80 Å². The van der Waals surface area contributed by atoms with Crippen LogP contribution in [0.2, 0.25) is 5.02 Å². The van der Waals surface area contributed by atoms with Gasteiger partial charge in [0, 0.05) is 51.3 Å². The topological polar surface area (TPSA) is 28.6 Å². The van der Waals surface area contributed by atoms with E-state index in [1.807, 2.05) is 12.1 Å². The number of piperazine rings is 1. The summed E-state index contributed by atoms with van der Waals surface area (Å²) in [6, 6.07) is 8.25. The SMILES string of the molecule is Cc1c(Cl)c(CN2CCN(CC3CCCO3)CC2)nc2ccccc12. The number of nitrogens with zero attached hydrogens (tertiary/aromatic N) is 3. The maximum atomic E-state index is 6.62. The van der Waals surface area contributed by atoms with Gasteiger partial charge in [0.15, 0.2) is 0 Å². The lowest BCUT2D eigenvalue weighted by molar-refractivity contribution is 0.0487. The number of aryl methyl sites for hydroxylation is 1. The minimum atomic E-state index is 0.450. The Morgan fingerprint density at radius 1 is 1.16 bits per heavy atom. The molecule has 1 aromatic carbocycles. The Bertz CT molecular complexity index is 737. The second-order valence-electron chi connectivity index (χ2n) is 7.23. The molecule has 0 saturated carbocycles. The predicted octanol–water partition coefficient (Wildman–Crippen LogP) is 3.49. The summed E-state index contributed by atoms with van der Waals surface area (Å²) in [5.41, 5.74) is 3.18. The van der Waals surface area contributed by atoms with Gasteiger partial charge in [0.1, 0.15) is 0 Å². The van der Waals surface area contributed by atoms with Crippen molar-refractivity contribution in [2.75, 3.05) is 39.3 Å².